The molecule has 98 valence electrons. The SMILES string of the molecule is Cc1cc(C)n(CCCNCc2ccn(C)n2)n1. The lowest BCUT2D eigenvalue weighted by Gasteiger charge is -2.05. The lowest BCUT2D eigenvalue weighted by molar-refractivity contribution is 0.529. The molecule has 0 unspecified atom stereocenters. The maximum Gasteiger partial charge on any atom is 0.0762 e. The Morgan fingerprint density at radius 3 is 2.72 bits per heavy atom. The first kappa shape index (κ1) is 12.8. The molecular weight excluding hydrogens is 226 g/mol. The zero-order valence-corrected chi connectivity index (χ0v) is 11.3. The summed E-state index contributed by atoms with van der Waals surface area (Å²) in [5.41, 5.74) is 3.41. The van der Waals surface area contributed by atoms with Crippen LogP contribution in [0.4, 0.5) is 0 Å². The third kappa shape index (κ3) is 3.43. The van der Waals surface area contributed by atoms with E-state index in [2.05, 4.69) is 33.2 Å². The molecule has 0 amide bonds. The van der Waals surface area contributed by atoms with Gasteiger partial charge in [-0.15, -0.1) is 0 Å². The van der Waals surface area contributed by atoms with E-state index < -0.39 is 0 Å². The zero-order valence-electron chi connectivity index (χ0n) is 11.3. The normalized spacial score (nSPS) is 11.1. The van der Waals surface area contributed by atoms with E-state index in [1.807, 2.05) is 30.9 Å². The molecule has 0 aliphatic rings. The Labute approximate surface area is 108 Å². The highest BCUT2D eigenvalue weighted by atomic mass is 15.3. The van der Waals surface area contributed by atoms with E-state index in [-0.39, 0.29) is 0 Å². The minimum atomic E-state index is 0.831. The van der Waals surface area contributed by atoms with Crippen molar-refractivity contribution in [1.82, 2.24) is 24.9 Å². The van der Waals surface area contributed by atoms with Gasteiger partial charge in [0, 0.05) is 32.0 Å². The van der Waals surface area contributed by atoms with Crippen LogP contribution in [0.25, 0.3) is 0 Å². The first-order chi connectivity index (χ1) is 8.65. The minimum absolute atomic E-state index is 0.831. The fraction of sp³-hybridized carbons (Fsp3) is 0.538. The Bertz CT molecular complexity index is 497. The van der Waals surface area contributed by atoms with E-state index in [1.54, 1.807) is 0 Å². The summed E-state index contributed by atoms with van der Waals surface area (Å²) < 4.78 is 3.89. The first-order valence-electron chi connectivity index (χ1n) is 6.35. The van der Waals surface area contributed by atoms with Crippen molar-refractivity contribution in [3.05, 3.63) is 35.4 Å². The van der Waals surface area contributed by atoms with Crippen molar-refractivity contribution in [2.45, 2.75) is 33.4 Å². The van der Waals surface area contributed by atoms with E-state index in [0.29, 0.717) is 0 Å². The molecule has 0 spiro atoms. The summed E-state index contributed by atoms with van der Waals surface area (Å²) in [6.07, 6.45) is 3.04. The van der Waals surface area contributed by atoms with Crippen LogP contribution in [0.15, 0.2) is 18.3 Å². The monoisotopic (exact) mass is 247 g/mol. The molecular formula is C13H21N5. The summed E-state index contributed by atoms with van der Waals surface area (Å²) in [7, 11) is 1.94. The van der Waals surface area contributed by atoms with Crippen molar-refractivity contribution >= 4 is 0 Å². The molecule has 0 aromatic carbocycles. The van der Waals surface area contributed by atoms with Crippen LogP contribution in [-0.2, 0) is 20.1 Å². The van der Waals surface area contributed by atoms with E-state index in [0.717, 1.165) is 37.4 Å². The second-order valence-corrected chi connectivity index (χ2v) is 4.66. The van der Waals surface area contributed by atoms with Gasteiger partial charge < -0.3 is 5.32 Å². The van der Waals surface area contributed by atoms with Gasteiger partial charge in [0.05, 0.1) is 11.4 Å². The van der Waals surface area contributed by atoms with E-state index >= 15 is 0 Å². The number of hydrogen-bond donors (Lipinski definition) is 1. The van der Waals surface area contributed by atoms with Crippen molar-refractivity contribution in [3.8, 4) is 0 Å². The Balaban J connectivity index is 1.66. The number of nitrogens with one attached hydrogen (secondary N) is 1. The number of aryl methyl sites for hydroxylation is 4. The summed E-state index contributed by atoms with van der Waals surface area (Å²) in [6, 6.07) is 4.15. The van der Waals surface area contributed by atoms with Crippen molar-refractivity contribution in [2.24, 2.45) is 7.05 Å². The molecule has 18 heavy (non-hydrogen) atoms. The Hall–Kier alpha value is -1.62. The van der Waals surface area contributed by atoms with Crippen molar-refractivity contribution in [3.63, 3.8) is 0 Å². The summed E-state index contributed by atoms with van der Waals surface area (Å²) in [6.45, 7) is 6.91. The van der Waals surface area contributed by atoms with Crippen LogP contribution in [0.5, 0.6) is 0 Å². The minimum Gasteiger partial charge on any atom is -0.311 e. The zero-order chi connectivity index (χ0) is 13.0. The standard InChI is InChI=1S/C13H21N5/c1-11-9-12(2)18(15-11)7-4-6-14-10-13-5-8-17(3)16-13/h5,8-9,14H,4,6-7,10H2,1-3H3. The molecule has 0 saturated carbocycles. The highest BCUT2D eigenvalue weighted by Crippen LogP contribution is 2.02. The second-order valence-electron chi connectivity index (χ2n) is 4.66. The Morgan fingerprint density at radius 1 is 1.28 bits per heavy atom. The van der Waals surface area contributed by atoms with Gasteiger partial charge in [0.2, 0.25) is 0 Å². The number of hydrogen-bond acceptors (Lipinski definition) is 3. The molecule has 0 radical (unpaired) electrons. The van der Waals surface area contributed by atoms with Crippen molar-refractivity contribution in [1.29, 1.82) is 0 Å². The van der Waals surface area contributed by atoms with Gasteiger partial charge in [0.15, 0.2) is 0 Å². The van der Waals surface area contributed by atoms with Gasteiger partial charge in [-0.3, -0.25) is 9.36 Å². The van der Waals surface area contributed by atoms with Crippen LogP contribution >= 0.6 is 0 Å². The largest absolute Gasteiger partial charge is 0.311 e. The van der Waals surface area contributed by atoms with Crippen molar-refractivity contribution in [2.75, 3.05) is 6.54 Å². The summed E-state index contributed by atoms with van der Waals surface area (Å²) in [4.78, 5) is 0. The number of aromatic nitrogens is 4. The molecule has 0 fully saturated rings. The van der Waals surface area contributed by atoms with Gasteiger partial charge >= 0.3 is 0 Å². The summed E-state index contributed by atoms with van der Waals surface area (Å²) >= 11 is 0. The van der Waals surface area contributed by atoms with Crippen LogP contribution in [-0.4, -0.2) is 26.1 Å². The highest BCUT2D eigenvalue weighted by molar-refractivity contribution is 5.06. The van der Waals surface area contributed by atoms with Gasteiger partial charge in [0.25, 0.3) is 0 Å². The van der Waals surface area contributed by atoms with Gasteiger partial charge in [-0.1, -0.05) is 0 Å². The predicted molar refractivity (Wildman–Crippen MR) is 71.2 cm³/mol. The molecule has 0 bridgehead atoms. The molecule has 2 aromatic heterocycles. The molecule has 2 rings (SSSR count). The molecule has 5 nitrogen and oxygen atoms in total. The Kier molecular flexibility index (Phi) is 4.15. The smallest absolute Gasteiger partial charge is 0.0762 e. The van der Waals surface area contributed by atoms with Crippen LogP contribution in [0.1, 0.15) is 23.5 Å². The summed E-state index contributed by atoms with van der Waals surface area (Å²) in [5.74, 6) is 0. The molecule has 0 aliphatic carbocycles. The topological polar surface area (TPSA) is 47.7 Å². The second kappa shape index (κ2) is 5.82. The quantitative estimate of drug-likeness (QED) is 0.785. The van der Waals surface area contributed by atoms with Crippen molar-refractivity contribution < 1.29 is 0 Å². The van der Waals surface area contributed by atoms with Gasteiger partial charge in [-0.25, -0.2) is 0 Å². The van der Waals surface area contributed by atoms with Gasteiger partial charge in [-0.2, -0.15) is 10.2 Å². The van der Waals surface area contributed by atoms with Gasteiger partial charge in [0.1, 0.15) is 0 Å². The van der Waals surface area contributed by atoms with E-state index in [1.165, 1.54) is 5.69 Å². The average Bonchev–Trinajstić information content (AvgIpc) is 2.85. The summed E-state index contributed by atoms with van der Waals surface area (Å²) in [5, 5.41) is 12.2. The fourth-order valence-electron chi connectivity index (χ4n) is 2.03. The highest BCUT2D eigenvalue weighted by Gasteiger charge is 2.00. The molecule has 1 N–H and O–H groups in total. The average molecular weight is 247 g/mol. The maximum absolute atomic E-state index is 4.44. The maximum atomic E-state index is 4.44. The number of rotatable bonds is 6. The molecule has 0 aliphatic heterocycles. The van der Waals surface area contributed by atoms with E-state index in [9.17, 15) is 0 Å². The molecule has 0 atom stereocenters. The van der Waals surface area contributed by atoms with Gasteiger partial charge in [-0.05, 0) is 38.9 Å². The first-order valence-corrected chi connectivity index (χ1v) is 6.35. The fourth-order valence-corrected chi connectivity index (χ4v) is 2.03. The Morgan fingerprint density at radius 2 is 2.11 bits per heavy atom. The lowest BCUT2D eigenvalue weighted by Crippen LogP contribution is -2.17. The van der Waals surface area contributed by atoms with Crippen LogP contribution in [0, 0.1) is 13.8 Å². The number of nitrogens with zero attached hydrogens (tertiary/aromatic N) is 4. The van der Waals surface area contributed by atoms with Crippen LogP contribution in [0.2, 0.25) is 0 Å². The molecule has 2 aromatic rings. The molecule has 2 heterocycles. The van der Waals surface area contributed by atoms with Crippen LogP contribution < -0.4 is 5.32 Å². The lowest BCUT2D eigenvalue weighted by atomic mass is 10.3. The predicted octanol–water partition coefficient (Wildman–Crippen LogP) is 1.41. The van der Waals surface area contributed by atoms with E-state index in [4.69, 9.17) is 0 Å². The molecule has 5 heteroatoms. The third-order valence-electron chi connectivity index (χ3n) is 2.90. The molecule has 0 saturated heterocycles. The third-order valence-corrected chi connectivity index (χ3v) is 2.90. The van der Waals surface area contributed by atoms with Crippen LogP contribution in [0.3, 0.4) is 0 Å².